The van der Waals surface area contributed by atoms with Crippen molar-refractivity contribution in [2.45, 2.75) is 80.4 Å². The van der Waals surface area contributed by atoms with E-state index in [0.29, 0.717) is 25.3 Å². The Morgan fingerprint density at radius 3 is 2.51 bits per heavy atom. The topological polar surface area (TPSA) is 112 Å². The highest BCUT2D eigenvalue weighted by atomic mass is 32.1. The van der Waals surface area contributed by atoms with Gasteiger partial charge in [-0.25, -0.2) is 14.6 Å². The number of nitrogens with one attached hydrogen (secondary N) is 1. The summed E-state index contributed by atoms with van der Waals surface area (Å²) < 4.78 is 10.4. The van der Waals surface area contributed by atoms with Crippen LogP contribution < -0.4 is 5.32 Å². The second kappa shape index (κ2) is 19.5. The molecule has 0 fully saturated rings. The van der Waals surface area contributed by atoms with Crippen molar-refractivity contribution in [3.8, 4) is 0 Å². The first-order valence-electron chi connectivity index (χ1n) is 15.5. The summed E-state index contributed by atoms with van der Waals surface area (Å²) >= 11 is 1.45. The number of cyclic esters (lactones) is 1. The van der Waals surface area contributed by atoms with Crippen LogP contribution in [0, 0.1) is 23.7 Å². The van der Waals surface area contributed by atoms with E-state index in [-0.39, 0.29) is 42.1 Å². The maximum atomic E-state index is 13.1. The summed E-state index contributed by atoms with van der Waals surface area (Å²) in [5.41, 5.74) is 2.99. The van der Waals surface area contributed by atoms with Crippen LogP contribution in [0.3, 0.4) is 0 Å². The van der Waals surface area contributed by atoms with Gasteiger partial charge in [0.1, 0.15) is 29.3 Å². The number of thiazole rings is 1. The Bertz CT molecular complexity index is 1330. The predicted octanol–water partition coefficient (Wildman–Crippen LogP) is 7.66. The lowest BCUT2D eigenvalue weighted by Gasteiger charge is -2.18. The number of esters is 1. The molecular weight excluding hydrogens is 588 g/mol. The van der Waals surface area contributed by atoms with Gasteiger partial charge in [-0.2, -0.15) is 0 Å². The van der Waals surface area contributed by atoms with Crippen LogP contribution in [0.5, 0.6) is 0 Å². The first kappa shape index (κ1) is 37.3. The third-order valence-electron chi connectivity index (χ3n) is 7.34. The fraction of sp³-hybridized carbons (Fsp3) is 0.472. The zero-order valence-corrected chi connectivity index (χ0v) is 28.4. The zero-order valence-electron chi connectivity index (χ0n) is 27.6. The highest BCUT2D eigenvalue weighted by Crippen LogP contribution is 2.21. The Morgan fingerprint density at radius 1 is 1.09 bits per heavy atom. The van der Waals surface area contributed by atoms with Gasteiger partial charge in [-0.15, -0.1) is 11.3 Å². The number of Topliss-reactive ketones (excluding diaryl/α,β-unsaturated/α-hetero) is 2. The molecule has 0 saturated heterocycles. The van der Waals surface area contributed by atoms with Gasteiger partial charge in [0.15, 0.2) is 0 Å². The fourth-order valence-electron chi connectivity index (χ4n) is 4.91. The number of aromatic nitrogens is 1. The molecule has 0 unspecified atom stereocenters. The molecule has 9 heteroatoms. The van der Waals surface area contributed by atoms with Gasteiger partial charge >= 0.3 is 12.1 Å². The van der Waals surface area contributed by atoms with E-state index in [9.17, 15) is 19.2 Å². The summed E-state index contributed by atoms with van der Waals surface area (Å²) in [7, 11) is 0. The Kier molecular flexibility index (Phi) is 16.2. The van der Waals surface area contributed by atoms with Crippen LogP contribution in [-0.2, 0) is 30.4 Å². The van der Waals surface area contributed by atoms with E-state index in [2.05, 4.69) is 29.4 Å². The molecule has 1 aliphatic heterocycles. The van der Waals surface area contributed by atoms with E-state index < -0.39 is 12.0 Å². The van der Waals surface area contributed by atoms with E-state index >= 15 is 0 Å². The summed E-state index contributed by atoms with van der Waals surface area (Å²) in [4.78, 5) is 53.5. The first-order valence-corrected chi connectivity index (χ1v) is 16.3. The van der Waals surface area contributed by atoms with Gasteiger partial charge in [0.2, 0.25) is 0 Å². The Morgan fingerprint density at radius 2 is 1.82 bits per heavy atom. The number of alkyl carbamates (subject to hydrolysis) is 1. The van der Waals surface area contributed by atoms with Crippen LogP contribution in [-0.4, -0.2) is 41.3 Å². The summed E-state index contributed by atoms with van der Waals surface area (Å²) in [5.74, 6) is -1.62. The van der Waals surface area contributed by atoms with Gasteiger partial charge in [0.25, 0.3) is 0 Å². The largest absolute Gasteiger partial charge is 0.455 e. The molecule has 1 aromatic rings. The number of ether oxygens (including phenoxy) is 2. The molecule has 1 aromatic heterocycles. The number of hydrogen-bond acceptors (Lipinski definition) is 8. The van der Waals surface area contributed by atoms with Crippen molar-refractivity contribution in [3.63, 3.8) is 0 Å². The maximum Gasteiger partial charge on any atom is 0.407 e. The number of carbonyl (C=O) groups is 4. The fourth-order valence-corrected chi connectivity index (χ4v) is 5.47. The Hall–Kier alpha value is -3.85. The van der Waals surface area contributed by atoms with Crippen molar-refractivity contribution >= 4 is 35.0 Å². The van der Waals surface area contributed by atoms with E-state index in [1.807, 2.05) is 70.4 Å². The molecule has 2 heterocycles. The van der Waals surface area contributed by atoms with Crippen molar-refractivity contribution in [2.75, 3.05) is 6.61 Å². The Balaban J connectivity index is 1.77. The van der Waals surface area contributed by atoms with Crippen LogP contribution >= 0.6 is 11.3 Å². The molecule has 0 aromatic carbocycles. The summed E-state index contributed by atoms with van der Waals surface area (Å²) in [6.45, 7) is 13.8. The summed E-state index contributed by atoms with van der Waals surface area (Å²) in [6, 6.07) is 0. The molecule has 0 bridgehead atoms. The van der Waals surface area contributed by atoms with Gasteiger partial charge in [-0.1, -0.05) is 73.9 Å². The smallest absolute Gasteiger partial charge is 0.407 e. The van der Waals surface area contributed by atoms with E-state index in [4.69, 9.17) is 9.47 Å². The second-order valence-electron chi connectivity index (χ2n) is 11.8. The van der Waals surface area contributed by atoms with Crippen molar-refractivity contribution < 1.29 is 28.7 Å². The SMILES string of the molecule is CC(=C/[C@H](C)C/C=C/C(C)=C/[C@@H](C)C(=O)[C@@H](C)C(=O)[C@@H](C)C/C(C)=C/COC(=O)NCc1nccs1)/C=C/[C@H]1CC=CC(=O)O1. The maximum absolute atomic E-state index is 13.1. The van der Waals surface area contributed by atoms with Crippen molar-refractivity contribution in [1.82, 2.24) is 10.3 Å². The molecule has 0 saturated carbocycles. The predicted molar refractivity (Wildman–Crippen MR) is 179 cm³/mol. The molecule has 0 spiro atoms. The third kappa shape index (κ3) is 14.7. The number of nitrogens with zero attached hydrogens (tertiary/aromatic N) is 1. The minimum atomic E-state index is -0.710. The summed E-state index contributed by atoms with van der Waals surface area (Å²) in [6.07, 6.45) is 20.1. The van der Waals surface area contributed by atoms with Crippen molar-refractivity contribution in [2.24, 2.45) is 23.7 Å². The molecule has 8 nitrogen and oxygen atoms in total. The number of allylic oxidation sites excluding steroid dienone is 8. The van der Waals surface area contributed by atoms with E-state index in [1.54, 1.807) is 19.2 Å². The van der Waals surface area contributed by atoms with Crippen molar-refractivity contribution in [3.05, 3.63) is 88.0 Å². The van der Waals surface area contributed by atoms with Gasteiger partial charge in [-0.05, 0) is 58.6 Å². The monoisotopic (exact) mass is 636 g/mol. The van der Waals surface area contributed by atoms with Crippen LogP contribution in [0.2, 0.25) is 0 Å². The third-order valence-corrected chi connectivity index (χ3v) is 8.12. The van der Waals surface area contributed by atoms with E-state index in [0.717, 1.165) is 28.1 Å². The Labute approximate surface area is 272 Å². The number of hydrogen-bond donors (Lipinski definition) is 1. The molecule has 45 heavy (non-hydrogen) atoms. The average Bonchev–Trinajstić information content (AvgIpc) is 3.51. The molecule has 1 aliphatic rings. The van der Waals surface area contributed by atoms with Crippen LogP contribution in [0.4, 0.5) is 4.79 Å². The van der Waals surface area contributed by atoms with Gasteiger partial charge in [0, 0.05) is 35.9 Å². The molecule has 0 aliphatic carbocycles. The van der Waals surface area contributed by atoms with Gasteiger partial charge < -0.3 is 14.8 Å². The minimum Gasteiger partial charge on any atom is -0.455 e. The van der Waals surface area contributed by atoms with Crippen molar-refractivity contribution in [1.29, 1.82) is 0 Å². The average molecular weight is 637 g/mol. The lowest BCUT2D eigenvalue weighted by atomic mass is 9.84. The molecular formula is C36H48N2O6S. The van der Waals surface area contributed by atoms with Gasteiger partial charge in [0.05, 0.1) is 12.5 Å². The zero-order chi connectivity index (χ0) is 33.4. The van der Waals surface area contributed by atoms with Crippen LogP contribution in [0.25, 0.3) is 0 Å². The lowest BCUT2D eigenvalue weighted by Crippen LogP contribution is -2.29. The number of carbonyl (C=O) groups excluding carboxylic acids is 4. The second-order valence-corrected chi connectivity index (χ2v) is 12.7. The van der Waals surface area contributed by atoms with Crippen LogP contribution in [0.1, 0.15) is 72.7 Å². The molecule has 1 amide bonds. The van der Waals surface area contributed by atoms with Gasteiger partial charge in [-0.3, -0.25) is 9.59 Å². The lowest BCUT2D eigenvalue weighted by molar-refractivity contribution is -0.141. The summed E-state index contributed by atoms with van der Waals surface area (Å²) in [5, 5.41) is 5.28. The first-order chi connectivity index (χ1) is 21.3. The quantitative estimate of drug-likeness (QED) is 0.0809. The molecule has 2 rings (SSSR count). The molecule has 1 N–H and O–H groups in total. The van der Waals surface area contributed by atoms with E-state index in [1.165, 1.54) is 17.4 Å². The standard InChI is InChI=1S/C36H48N2O6S/c1-24(20-26(3)14-15-31-12-9-13-33(39)44-31)10-8-11-25(2)21-28(5)34(40)30(7)35(41)29(6)22-27(4)16-18-43-36(42)38-23-32-37-17-19-45-32/h8-9,11,13-17,19-21,24,28-31H,10,12,18,22-23H2,1-7H3,(H,38,42)/b11-8+,15-14+,25-21+,26-20-,27-16+/t24-,28-,29+,30-,31-/m1/s1. The van der Waals surface area contributed by atoms with Crippen LogP contribution in [0.15, 0.2) is 83.0 Å². The highest BCUT2D eigenvalue weighted by molar-refractivity contribution is 7.09. The number of rotatable bonds is 17. The highest BCUT2D eigenvalue weighted by Gasteiger charge is 2.28. The number of amides is 1. The normalized spacial score (nSPS) is 18.9. The molecule has 5 atom stereocenters. The minimum absolute atomic E-state index is 0.0913. The number of ketones is 2. The molecule has 0 radical (unpaired) electrons. The molecule has 244 valence electrons.